The van der Waals surface area contributed by atoms with Crippen molar-refractivity contribution in [1.82, 2.24) is 4.90 Å². The van der Waals surface area contributed by atoms with E-state index in [4.69, 9.17) is 9.47 Å². The summed E-state index contributed by atoms with van der Waals surface area (Å²) >= 11 is 1.35. The van der Waals surface area contributed by atoms with Gasteiger partial charge >= 0.3 is 0 Å². The molecule has 1 aliphatic rings. The molecule has 2 rings (SSSR count). The summed E-state index contributed by atoms with van der Waals surface area (Å²) in [7, 11) is 3.08. The number of aliphatic imine (C=N–C) groups is 1. The number of carbonyl (C=O) groups excluding carboxylic acids is 2. The van der Waals surface area contributed by atoms with Gasteiger partial charge in [-0.2, -0.15) is 4.99 Å². The van der Waals surface area contributed by atoms with Gasteiger partial charge in [-0.25, -0.2) is 0 Å². The Balaban J connectivity index is 1.96. The second-order valence-corrected chi connectivity index (χ2v) is 6.50. The van der Waals surface area contributed by atoms with Crippen LogP contribution in [-0.2, 0) is 9.59 Å². The van der Waals surface area contributed by atoms with E-state index in [0.717, 1.165) is 13.1 Å². The molecule has 1 aromatic rings. The van der Waals surface area contributed by atoms with Gasteiger partial charge in [0.25, 0.3) is 5.91 Å². The molecular weight excluding hydrogens is 342 g/mol. The first-order valence-electron chi connectivity index (χ1n) is 8.08. The van der Waals surface area contributed by atoms with Gasteiger partial charge in [-0.3, -0.25) is 9.59 Å². The van der Waals surface area contributed by atoms with Crippen molar-refractivity contribution >= 4 is 34.4 Å². The minimum Gasteiger partial charge on any atom is -0.493 e. The molecule has 7 nitrogen and oxygen atoms in total. The number of ether oxygens (including phenoxy) is 2. The largest absolute Gasteiger partial charge is 0.493 e. The number of carbonyl (C=O) groups is 2. The van der Waals surface area contributed by atoms with E-state index in [2.05, 4.69) is 10.3 Å². The van der Waals surface area contributed by atoms with Crippen molar-refractivity contribution < 1.29 is 19.1 Å². The average Bonchev–Trinajstić information content (AvgIpc) is 2.96. The van der Waals surface area contributed by atoms with E-state index in [9.17, 15) is 9.59 Å². The number of hydrogen-bond donors (Lipinski definition) is 1. The summed E-state index contributed by atoms with van der Waals surface area (Å²) in [6.07, 6.45) is 0.0755. The second-order valence-electron chi connectivity index (χ2n) is 5.33. The molecule has 1 heterocycles. The number of amides is 2. The summed E-state index contributed by atoms with van der Waals surface area (Å²) < 4.78 is 10.4. The van der Waals surface area contributed by atoms with Crippen LogP contribution in [0.25, 0.3) is 0 Å². The highest BCUT2D eigenvalue weighted by Gasteiger charge is 2.32. The molecule has 0 aromatic heterocycles. The van der Waals surface area contributed by atoms with Crippen LogP contribution in [-0.4, -0.2) is 54.4 Å². The van der Waals surface area contributed by atoms with Gasteiger partial charge in [0.15, 0.2) is 16.7 Å². The summed E-state index contributed by atoms with van der Waals surface area (Å²) in [5.74, 6) is 0.612. The van der Waals surface area contributed by atoms with Gasteiger partial charge in [0.2, 0.25) is 5.91 Å². The molecule has 2 amide bonds. The van der Waals surface area contributed by atoms with Gasteiger partial charge < -0.3 is 19.7 Å². The van der Waals surface area contributed by atoms with Crippen molar-refractivity contribution in [2.24, 2.45) is 4.99 Å². The maximum absolute atomic E-state index is 12.3. The van der Waals surface area contributed by atoms with Gasteiger partial charge in [0.05, 0.1) is 14.2 Å². The molecule has 1 N–H and O–H groups in total. The average molecular weight is 365 g/mol. The smallest absolute Gasteiger partial charge is 0.262 e. The Kier molecular flexibility index (Phi) is 6.69. The molecule has 8 heteroatoms. The number of hydrogen-bond acceptors (Lipinski definition) is 6. The van der Waals surface area contributed by atoms with Crippen molar-refractivity contribution in [2.45, 2.75) is 25.5 Å². The van der Waals surface area contributed by atoms with E-state index in [1.807, 2.05) is 18.7 Å². The molecule has 1 atom stereocenters. The Labute approximate surface area is 151 Å². The van der Waals surface area contributed by atoms with E-state index in [1.54, 1.807) is 25.3 Å². The van der Waals surface area contributed by atoms with E-state index in [-0.39, 0.29) is 18.2 Å². The third kappa shape index (κ3) is 4.66. The summed E-state index contributed by atoms with van der Waals surface area (Å²) in [5.41, 5.74) is 0.586. The molecule has 0 aliphatic carbocycles. The zero-order chi connectivity index (χ0) is 18.4. The van der Waals surface area contributed by atoms with Gasteiger partial charge in [0, 0.05) is 31.3 Å². The minimum absolute atomic E-state index is 0.0755. The monoisotopic (exact) mass is 365 g/mol. The topological polar surface area (TPSA) is 80.2 Å². The minimum atomic E-state index is -0.476. The van der Waals surface area contributed by atoms with Crippen LogP contribution in [0.3, 0.4) is 0 Å². The standard InChI is InChI=1S/C17H23N3O4S/c1-5-20(6-2)17-19-16(22)14(25-17)10-15(21)18-11-7-8-12(23-3)13(9-11)24-4/h7-9,14H,5-6,10H2,1-4H3,(H,18,21). The number of amidine groups is 1. The lowest BCUT2D eigenvalue weighted by atomic mass is 10.2. The molecule has 1 aromatic carbocycles. The van der Waals surface area contributed by atoms with Crippen molar-refractivity contribution in [3.05, 3.63) is 18.2 Å². The van der Waals surface area contributed by atoms with Crippen molar-refractivity contribution in [2.75, 3.05) is 32.6 Å². The first kappa shape index (κ1) is 19.1. The number of nitrogens with zero attached hydrogens (tertiary/aromatic N) is 2. The number of thioether (sulfide) groups is 1. The first-order valence-corrected chi connectivity index (χ1v) is 8.96. The van der Waals surface area contributed by atoms with E-state index >= 15 is 0 Å². The fourth-order valence-electron chi connectivity index (χ4n) is 2.43. The Morgan fingerprint density at radius 3 is 2.52 bits per heavy atom. The molecular formula is C17H23N3O4S. The van der Waals surface area contributed by atoms with Crippen LogP contribution >= 0.6 is 11.8 Å². The lowest BCUT2D eigenvalue weighted by Crippen LogP contribution is -2.27. The maximum Gasteiger partial charge on any atom is 0.262 e. The summed E-state index contributed by atoms with van der Waals surface area (Å²) in [6, 6.07) is 5.12. The molecule has 25 heavy (non-hydrogen) atoms. The fourth-order valence-corrected chi connectivity index (χ4v) is 3.63. The first-order chi connectivity index (χ1) is 12.0. The predicted octanol–water partition coefficient (Wildman–Crippen LogP) is 2.37. The molecule has 0 saturated heterocycles. The van der Waals surface area contributed by atoms with Gasteiger partial charge in [-0.1, -0.05) is 11.8 Å². The van der Waals surface area contributed by atoms with Crippen LogP contribution in [0.2, 0.25) is 0 Å². The molecule has 136 valence electrons. The van der Waals surface area contributed by atoms with Gasteiger partial charge in [-0.05, 0) is 26.0 Å². The van der Waals surface area contributed by atoms with E-state index < -0.39 is 5.25 Å². The van der Waals surface area contributed by atoms with Crippen molar-refractivity contribution in [3.8, 4) is 11.5 Å². The Morgan fingerprint density at radius 1 is 1.24 bits per heavy atom. The van der Waals surface area contributed by atoms with Gasteiger partial charge in [-0.15, -0.1) is 0 Å². The number of benzene rings is 1. The normalized spacial score (nSPS) is 16.4. The quantitative estimate of drug-likeness (QED) is 0.799. The highest BCUT2D eigenvalue weighted by molar-refractivity contribution is 8.15. The predicted molar refractivity (Wildman–Crippen MR) is 99.5 cm³/mol. The van der Waals surface area contributed by atoms with E-state index in [0.29, 0.717) is 22.4 Å². The third-order valence-electron chi connectivity index (χ3n) is 3.80. The van der Waals surface area contributed by atoms with Crippen LogP contribution in [0.1, 0.15) is 20.3 Å². The van der Waals surface area contributed by atoms with Crippen LogP contribution in [0, 0.1) is 0 Å². The molecule has 0 radical (unpaired) electrons. The molecule has 1 aliphatic heterocycles. The number of nitrogens with one attached hydrogen (secondary N) is 1. The van der Waals surface area contributed by atoms with Crippen molar-refractivity contribution in [1.29, 1.82) is 0 Å². The second kappa shape index (κ2) is 8.75. The number of rotatable bonds is 7. The highest BCUT2D eigenvalue weighted by Crippen LogP contribution is 2.31. The van der Waals surface area contributed by atoms with Crippen LogP contribution in [0.5, 0.6) is 11.5 Å². The lowest BCUT2D eigenvalue weighted by molar-refractivity contribution is -0.121. The SMILES string of the molecule is CCN(CC)C1=NC(=O)C(CC(=O)Nc2ccc(OC)c(OC)c2)S1. The van der Waals surface area contributed by atoms with Gasteiger partial charge in [0.1, 0.15) is 5.25 Å². The summed E-state index contributed by atoms with van der Waals surface area (Å²) in [4.78, 5) is 30.4. The summed E-state index contributed by atoms with van der Waals surface area (Å²) in [6.45, 7) is 5.57. The van der Waals surface area contributed by atoms with Crippen LogP contribution < -0.4 is 14.8 Å². The van der Waals surface area contributed by atoms with E-state index in [1.165, 1.54) is 18.9 Å². The number of methoxy groups -OCH3 is 2. The Morgan fingerprint density at radius 2 is 1.92 bits per heavy atom. The highest BCUT2D eigenvalue weighted by atomic mass is 32.2. The van der Waals surface area contributed by atoms with Crippen LogP contribution in [0.15, 0.2) is 23.2 Å². The maximum atomic E-state index is 12.3. The van der Waals surface area contributed by atoms with Crippen molar-refractivity contribution in [3.63, 3.8) is 0 Å². The molecule has 0 bridgehead atoms. The fraction of sp³-hybridized carbons (Fsp3) is 0.471. The van der Waals surface area contributed by atoms with Crippen LogP contribution in [0.4, 0.5) is 5.69 Å². The zero-order valence-corrected chi connectivity index (χ0v) is 15.7. The third-order valence-corrected chi connectivity index (χ3v) is 5.01. The molecule has 0 saturated carbocycles. The number of anilines is 1. The molecule has 0 fully saturated rings. The molecule has 1 unspecified atom stereocenters. The Bertz CT molecular complexity index is 674. The molecule has 0 spiro atoms. The zero-order valence-electron chi connectivity index (χ0n) is 14.9. The summed E-state index contributed by atoms with van der Waals surface area (Å²) in [5, 5.41) is 3.00. The Hall–Kier alpha value is -2.22. The lowest BCUT2D eigenvalue weighted by Gasteiger charge is -2.19.